The molecule has 0 radical (unpaired) electrons. The molecule has 2 heterocycles. The van der Waals surface area contributed by atoms with E-state index in [0.717, 1.165) is 18.5 Å². The number of rotatable bonds is 3. The summed E-state index contributed by atoms with van der Waals surface area (Å²) in [6.45, 7) is 5.08. The van der Waals surface area contributed by atoms with Gasteiger partial charge in [0.1, 0.15) is 0 Å². The molecule has 1 aromatic heterocycles. The third-order valence-electron chi connectivity index (χ3n) is 3.81. The molecule has 110 valence electrons. The summed E-state index contributed by atoms with van der Waals surface area (Å²) in [7, 11) is 0. The zero-order chi connectivity index (χ0) is 15.0. The average molecular weight is 286 g/mol. The fourth-order valence-corrected chi connectivity index (χ4v) is 2.61. The lowest BCUT2D eigenvalue weighted by Crippen LogP contribution is -2.24. The van der Waals surface area contributed by atoms with Gasteiger partial charge in [-0.2, -0.15) is 4.98 Å². The summed E-state index contributed by atoms with van der Waals surface area (Å²) >= 11 is 0. The lowest BCUT2D eigenvalue weighted by Gasteiger charge is -2.25. The van der Waals surface area contributed by atoms with Crippen LogP contribution in [0.4, 0.5) is 5.95 Å². The van der Waals surface area contributed by atoms with Crippen molar-refractivity contribution in [2.75, 3.05) is 11.9 Å². The minimum atomic E-state index is -1.10. The Hall–Kier alpha value is -2.37. The molecule has 0 spiro atoms. The van der Waals surface area contributed by atoms with E-state index in [9.17, 15) is 4.79 Å². The summed E-state index contributed by atoms with van der Waals surface area (Å²) in [4.78, 5) is 15.0. The third kappa shape index (κ3) is 2.49. The van der Waals surface area contributed by atoms with E-state index in [4.69, 9.17) is 5.11 Å². The molecule has 1 aliphatic rings. The highest BCUT2D eigenvalue weighted by molar-refractivity contribution is 5.83. The van der Waals surface area contributed by atoms with Crippen LogP contribution in [0, 0.1) is 0 Å². The summed E-state index contributed by atoms with van der Waals surface area (Å²) in [5, 5.41) is 16.2. The average Bonchev–Trinajstić information content (AvgIpc) is 2.91. The maximum absolute atomic E-state index is 11.0. The predicted octanol–water partition coefficient (Wildman–Crippen LogP) is 2.50. The first-order valence-electron chi connectivity index (χ1n) is 7.10. The Morgan fingerprint density at radius 3 is 2.71 bits per heavy atom. The first kappa shape index (κ1) is 13.6. The molecule has 0 amide bonds. The number of benzene rings is 1. The molecule has 3 rings (SSSR count). The molecule has 6 heteroatoms. The Labute approximate surface area is 122 Å². The second-order valence-corrected chi connectivity index (χ2v) is 5.56. The van der Waals surface area contributed by atoms with Crippen molar-refractivity contribution in [3.8, 4) is 0 Å². The molecule has 21 heavy (non-hydrogen) atoms. The second-order valence-electron chi connectivity index (χ2n) is 5.56. The highest BCUT2D eigenvalue weighted by Crippen LogP contribution is 2.29. The summed E-state index contributed by atoms with van der Waals surface area (Å²) < 4.78 is 1.68. The number of nitrogens with zero attached hydrogens (tertiary/aromatic N) is 3. The number of carbonyl (C=O) groups is 1. The van der Waals surface area contributed by atoms with Crippen molar-refractivity contribution in [1.82, 2.24) is 14.8 Å². The minimum Gasteiger partial charge on any atom is -0.475 e. The van der Waals surface area contributed by atoms with Gasteiger partial charge in [0.25, 0.3) is 5.82 Å². The number of aromatic carboxylic acids is 1. The Balaban J connectivity index is 1.95. The fraction of sp³-hybridized carbons (Fsp3) is 0.400. The van der Waals surface area contributed by atoms with E-state index in [1.807, 2.05) is 0 Å². The van der Waals surface area contributed by atoms with Gasteiger partial charge in [0, 0.05) is 6.54 Å². The number of fused-ring (bicyclic) bond motifs is 1. The monoisotopic (exact) mass is 286 g/mol. The van der Waals surface area contributed by atoms with Crippen molar-refractivity contribution in [3.63, 3.8) is 0 Å². The summed E-state index contributed by atoms with van der Waals surface area (Å²) in [5.41, 5.74) is 2.42. The van der Waals surface area contributed by atoms with Crippen LogP contribution < -0.4 is 5.32 Å². The molecular formula is C15H18N4O2. The fourth-order valence-electron chi connectivity index (χ4n) is 2.61. The molecule has 0 aliphatic carbocycles. The van der Waals surface area contributed by atoms with Crippen LogP contribution in [0.15, 0.2) is 24.3 Å². The van der Waals surface area contributed by atoms with Crippen LogP contribution in [-0.2, 0) is 0 Å². The molecule has 1 aromatic carbocycles. The number of anilines is 1. The van der Waals surface area contributed by atoms with Crippen LogP contribution in [0.1, 0.15) is 54.0 Å². The zero-order valence-electron chi connectivity index (χ0n) is 12.1. The number of hydrogen-bond donors (Lipinski definition) is 2. The van der Waals surface area contributed by atoms with Gasteiger partial charge < -0.3 is 10.4 Å². The Kier molecular flexibility index (Phi) is 3.37. The van der Waals surface area contributed by atoms with Crippen molar-refractivity contribution >= 4 is 11.9 Å². The molecule has 1 atom stereocenters. The van der Waals surface area contributed by atoms with Gasteiger partial charge in [0.15, 0.2) is 0 Å². The molecule has 1 aliphatic heterocycles. The van der Waals surface area contributed by atoms with Gasteiger partial charge in [0.2, 0.25) is 5.95 Å². The number of nitrogens with one attached hydrogen (secondary N) is 1. The van der Waals surface area contributed by atoms with Gasteiger partial charge in [-0.05, 0) is 23.5 Å². The van der Waals surface area contributed by atoms with Crippen LogP contribution >= 0.6 is 0 Å². The van der Waals surface area contributed by atoms with Crippen molar-refractivity contribution in [2.24, 2.45) is 0 Å². The summed E-state index contributed by atoms with van der Waals surface area (Å²) in [6.07, 6.45) is 0.858. The largest absolute Gasteiger partial charge is 0.475 e. The lowest BCUT2D eigenvalue weighted by molar-refractivity contribution is 0.0683. The molecule has 0 saturated carbocycles. The number of carboxylic acids is 1. The molecule has 2 N–H and O–H groups in total. The van der Waals surface area contributed by atoms with Gasteiger partial charge in [0.05, 0.1) is 6.04 Å². The van der Waals surface area contributed by atoms with Crippen molar-refractivity contribution in [1.29, 1.82) is 0 Å². The van der Waals surface area contributed by atoms with E-state index in [1.165, 1.54) is 5.56 Å². The first-order valence-corrected chi connectivity index (χ1v) is 7.10. The normalized spacial score (nSPS) is 17.4. The molecule has 0 fully saturated rings. The molecule has 0 bridgehead atoms. The Morgan fingerprint density at radius 1 is 1.38 bits per heavy atom. The Bertz CT molecular complexity index is 661. The van der Waals surface area contributed by atoms with Gasteiger partial charge in [-0.25, -0.2) is 9.48 Å². The van der Waals surface area contributed by atoms with Crippen molar-refractivity contribution in [2.45, 2.75) is 32.2 Å². The smallest absolute Gasteiger partial charge is 0.375 e. The highest BCUT2D eigenvalue weighted by atomic mass is 16.4. The molecule has 6 nitrogen and oxygen atoms in total. The van der Waals surface area contributed by atoms with Crippen LogP contribution in [0.2, 0.25) is 0 Å². The van der Waals surface area contributed by atoms with E-state index in [-0.39, 0.29) is 11.9 Å². The summed E-state index contributed by atoms with van der Waals surface area (Å²) in [6, 6.07) is 8.46. The van der Waals surface area contributed by atoms with Crippen LogP contribution in [0.25, 0.3) is 0 Å². The highest BCUT2D eigenvalue weighted by Gasteiger charge is 2.26. The van der Waals surface area contributed by atoms with Crippen molar-refractivity contribution in [3.05, 3.63) is 41.2 Å². The van der Waals surface area contributed by atoms with E-state index >= 15 is 0 Å². The number of hydrogen-bond acceptors (Lipinski definition) is 4. The Morgan fingerprint density at radius 2 is 2.10 bits per heavy atom. The van der Waals surface area contributed by atoms with E-state index in [0.29, 0.717) is 11.9 Å². The van der Waals surface area contributed by atoms with Crippen molar-refractivity contribution < 1.29 is 9.90 Å². The zero-order valence-corrected chi connectivity index (χ0v) is 12.1. The quantitative estimate of drug-likeness (QED) is 0.906. The van der Waals surface area contributed by atoms with Crippen LogP contribution in [0.5, 0.6) is 0 Å². The second kappa shape index (κ2) is 5.20. The maximum atomic E-state index is 11.0. The van der Waals surface area contributed by atoms with Gasteiger partial charge in [-0.3, -0.25) is 0 Å². The van der Waals surface area contributed by atoms with E-state index in [1.54, 1.807) is 4.68 Å². The number of carboxylic acid groups (broad SMARTS) is 1. The first-order chi connectivity index (χ1) is 10.1. The number of aromatic nitrogens is 3. The van der Waals surface area contributed by atoms with E-state index < -0.39 is 5.97 Å². The molecule has 2 aromatic rings. The van der Waals surface area contributed by atoms with Crippen LogP contribution in [-0.4, -0.2) is 32.4 Å². The third-order valence-corrected chi connectivity index (χ3v) is 3.81. The van der Waals surface area contributed by atoms with Gasteiger partial charge in [-0.15, -0.1) is 5.10 Å². The SMILES string of the molecule is CC(C)c1ccc(C2CCNc3nc(C(=O)O)nn32)cc1. The van der Waals surface area contributed by atoms with Gasteiger partial charge >= 0.3 is 5.97 Å². The molecule has 0 saturated heterocycles. The standard InChI is InChI=1S/C15H18N4O2/c1-9(2)10-3-5-11(6-4-10)12-7-8-16-15-17-13(14(20)21)18-19(12)15/h3-6,9,12H,7-8H2,1-2H3,(H,20,21)(H,16,17,18). The lowest BCUT2D eigenvalue weighted by atomic mass is 9.97. The molecular weight excluding hydrogens is 268 g/mol. The van der Waals surface area contributed by atoms with Crippen LogP contribution in [0.3, 0.4) is 0 Å². The molecule has 1 unspecified atom stereocenters. The van der Waals surface area contributed by atoms with Gasteiger partial charge in [-0.1, -0.05) is 38.1 Å². The predicted molar refractivity (Wildman–Crippen MR) is 78.8 cm³/mol. The van der Waals surface area contributed by atoms with E-state index in [2.05, 4.69) is 53.5 Å². The summed E-state index contributed by atoms with van der Waals surface area (Å²) in [5.74, 6) is -0.250. The maximum Gasteiger partial charge on any atom is 0.375 e. The topological polar surface area (TPSA) is 80.0 Å². The minimum absolute atomic E-state index is 0.0306.